The monoisotopic (exact) mass is 466 g/mol. The summed E-state index contributed by atoms with van der Waals surface area (Å²) in [5, 5.41) is 14.8. The summed E-state index contributed by atoms with van der Waals surface area (Å²) >= 11 is 1.65. The standard InChI is InChI=1S/C23H26N6O3S/c1-4-32-21(30)14-29-20(25-26-27-29)13-28(12-19-6-5-9-33-19)11-18-10-17-8-7-15(2)16(3)22(17)24-23(18)31/h5-10H,4,11-14H2,1-3H3,(H,24,31). The van der Waals surface area contributed by atoms with E-state index in [0.717, 1.165) is 26.9 Å². The van der Waals surface area contributed by atoms with Crippen molar-refractivity contribution in [2.45, 2.75) is 47.0 Å². The molecule has 3 heterocycles. The van der Waals surface area contributed by atoms with Crippen molar-refractivity contribution in [2.75, 3.05) is 6.61 Å². The van der Waals surface area contributed by atoms with Crippen LogP contribution in [-0.4, -0.2) is 42.7 Å². The van der Waals surface area contributed by atoms with E-state index in [1.807, 2.05) is 37.4 Å². The molecular weight excluding hydrogens is 440 g/mol. The lowest BCUT2D eigenvalue weighted by Crippen LogP contribution is -2.28. The molecule has 0 unspecified atom stereocenters. The van der Waals surface area contributed by atoms with Gasteiger partial charge >= 0.3 is 5.97 Å². The average Bonchev–Trinajstić information content (AvgIpc) is 3.44. The molecule has 9 nitrogen and oxygen atoms in total. The van der Waals surface area contributed by atoms with E-state index < -0.39 is 5.97 Å². The molecule has 0 bridgehead atoms. The van der Waals surface area contributed by atoms with Crippen LogP contribution in [0.1, 0.15) is 34.3 Å². The van der Waals surface area contributed by atoms with E-state index in [1.54, 1.807) is 18.3 Å². The van der Waals surface area contributed by atoms with Crippen LogP contribution in [-0.2, 0) is 35.7 Å². The quantitative estimate of drug-likeness (QED) is 0.378. The number of carbonyl (C=O) groups is 1. The fourth-order valence-corrected chi connectivity index (χ4v) is 4.45. The Bertz CT molecular complexity index is 1310. The number of H-pyrrole nitrogens is 1. The first-order valence-corrected chi connectivity index (χ1v) is 11.6. The van der Waals surface area contributed by atoms with Crippen molar-refractivity contribution >= 4 is 28.2 Å². The number of benzene rings is 1. The smallest absolute Gasteiger partial charge is 0.327 e. The zero-order chi connectivity index (χ0) is 23.4. The minimum Gasteiger partial charge on any atom is -0.465 e. The number of thiophene rings is 1. The Morgan fingerprint density at radius 3 is 2.82 bits per heavy atom. The molecule has 0 aliphatic heterocycles. The zero-order valence-corrected chi connectivity index (χ0v) is 19.7. The molecule has 0 aliphatic carbocycles. The number of tetrazole rings is 1. The van der Waals surface area contributed by atoms with Crippen LogP contribution in [0.3, 0.4) is 0 Å². The second-order valence-electron chi connectivity index (χ2n) is 7.88. The molecule has 3 aromatic heterocycles. The Balaban J connectivity index is 1.62. The number of pyridine rings is 1. The summed E-state index contributed by atoms with van der Waals surface area (Å²) in [6.45, 7) is 7.43. The minimum absolute atomic E-state index is 0.0573. The van der Waals surface area contributed by atoms with Crippen molar-refractivity contribution in [1.82, 2.24) is 30.1 Å². The summed E-state index contributed by atoms with van der Waals surface area (Å²) in [5.74, 6) is 0.135. The SMILES string of the molecule is CCOC(=O)Cn1nnnc1CN(Cc1cccs1)Cc1cc2ccc(C)c(C)c2[nH]c1=O. The van der Waals surface area contributed by atoms with Crippen molar-refractivity contribution in [1.29, 1.82) is 0 Å². The Morgan fingerprint density at radius 2 is 2.06 bits per heavy atom. The lowest BCUT2D eigenvalue weighted by molar-refractivity contribution is -0.144. The second kappa shape index (κ2) is 10.1. The Hall–Kier alpha value is -3.37. The lowest BCUT2D eigenvalue weighted by atomic mass is 10.0. The first-order chi connectivity index (χ1) is 15.9. The third-order valence-corrected chi connectivity index (χ3v) is 6.40. The van der Waals surface area contributed by atoms with Crippen molar-refractivity contribution in [3.05, 3.63) is 73.5 Å². The van der Waals surface area contributed by atoms with E-state index in [0.29, 0.717) is 37.6 Å². The number of hydrogen-bond acceptors (Lipinski definition) is 8. The number of carbonyl (C=O) groups excluding carboxylic acids is 1. The molecule has 33 heavy (non-hydrogen) atoms. The number of nitrogens with one attached hydrogen (secondary N) is 1. The van der Waals surface area contributed by atoms with Gasteiger partial charge < -0.3 is 9.72 Å². The lowest BCUT2D eigenvalue weighted by Gasteiger charge is -2.21. The van der Waals surface area contributed by atoms with Gasteiger partial charge in [0.05, 0.1) is 18.7 Å². The van der Waals surface area contributed by atoms with E-state index in [-0.39, 0.29) is 12.1 Å². The van der Waals surface area contributed by atoms with Gasteiger partial charge in [-0.05, 0) is 65.2 Å². The molecule has 0 radical (unpaired) electrons. The molecule has 0 saturated carbocycles. The van der Waals surface area contributed by atoms with Gasteiger partial charge in [0.25, 0.3) is 5.56 Å². The highest BCUT2D eigenvalue weighted by atomic mass is 32.1. The highest BCUT2D eigenvalue weighted by Crippen LogP contribution is 2.21. The molecule has 0 aliphatic rings. The topological polar surface area (TPSA) is 106 Å². The summed E-state index contributed by atoms with van der Waals surface area (Å²) in [6.07, 6.45) is 0. The third-order valence-electron chi connectivity index (χ3n) is 5.54. The van der Waals surface area contributed by atoms with Crippen molar-refractivity contribution in [3.63, 3.8) is 0 Å². The molecule has 4 aromatic rings. The maximum Gasteiger partial charge on any atom is 0.327 e. The highest BCUT2D eigenvalue weighted by Gasteiger charge is 2.18. The van der Waals surface area contributed by atoms with Crippen LogP contribution in [0.25, 0.3) is 10.9 Å². The first-order valence-electron chi connectivity index (χ1n) is 10.7. The number of ether oxygens (including phenoxy) is 1. The molecule has 172 valence electrons. The number of aryl methyl sites for hydroxylation is 2. The molecule has 10 heteroatoms. The van der Waals surface area contributed by atoms with Crippen LogP contribution in [0.15, 0.2) is 40.5 Å². The molecule has 0 amide bonds. The van der Waals surface area contributed by atoms with Gasteiger partial charge in [-0.15, -0.1) is 16.4 Å². The van der Waals surface area contributed by atoms with E-state index in [4.69, 9.17) is 4.74 Å². The largest absolute Gasteiger partial charge is 0.465 e. The molecular formula is C23H26N6O3S. The number of aromatic nitrogens is 5. The van der Waals surface area contributed by atoms with Crippen LogP contribution in [0.2, 0.25) is 0 Å². The van der Waals surface area contributed by atoms with Gasteiger partial charge in [-0.25, -0.2) is 4.68 Å². The third kappa shape index (κ3) is 5.35. The van der Waals surface area contributed by atoms with Crippen LogP contribution < -0.4 is 5.56 Å². The normalized spacial score (nSPS) is 11.4. The summed E-state index contributed by atoms with van der Waals surface area (Å²) in [7, 11) is 0. The Morgan fingerprint density at radius 1 is 1.21 bits per heavy atom. The first kappa shape index (κ1) is 22.8. The van der Waals surface area contributed by atoms with Gasteiger partial charge in [0.1, 0.15) is 6.54 Å². The van der Waals surface area contributed by atoms with E-state index in [9.17, 15) is 9.59 Å². The van der Waals surface area contributed by atoms with Gasteiger partial charge in [0.15, 0.2) is 5.82 Å². The fraction of sp³-hybridized carbons (Fsp3) is 0.348. The number of esters is 1. The average molecular weight is 467 g/mol. The Labute approximate surface area is 195 Å². The predicted molar refractivity (Wildman–Crippen MR) is 126 cm³/mol. The number of aromatic amines is 1. The number of hydrogen-bond donors (Lipinski definition) is 1. The van der Waals surface area contributed by atoms with Crippen molar-refractivity contribution < 1.29 is 9.53 Å². The van der Waals surface area contributed by atoms with Gasteiger partial charge in [-0.3, -0.25) is 14.5 Å². The van der Waals surface area contributed by atoms with Crippen LogP contribution in [0, 0.1) is 13.8 Å². The summed E-state index contributed by atoms with van der Waals surface area (Å²) in [6, 6.07) is 10.1. The number of rotatable bonds is 9. The molecule has 1 N–H and O–H groups in total. The summed E-state index contributed by atoms with van der Waals surface area (Å²) < 4.78 is 6.46. The van der Waals surface area contributed by atoms with E-state index in [2.05, 4.69) is 37.5 Å². The van der Waals surface area contributed by atoms with Crippen LogP contribution in [0.5, 0.6) is 0 Å². The zero-order valence-electron chi connectivity index (χ0n) is 18.9. The molecule has 4 rings (SSSR count). The van der Waals surface area contributed by atoms with Crippen molar-refractivity contribution in [3.8, 4) is 0 Å². The summed E-state index contributed by atoms with van der Waals surface area (Å²) in [5.41, 5.74) is 3.63. The van der Waals surface area contributed by atoms with Crippen LogP contribution in [0.4, 0.5) is 0 Å². The second-order valence-corrected chi connectivity index (χ2v) is 8.91. The minimum atomic E-state index is -0.396. The van der Waals surface area contributed by atoms with Gasteiger partial charge in [0.2, 0.25) is 0 Å². The molecule has 0 atom stereocenters. The number of nitrogens with zero attached hydrogens (tertiary/aromatic N) is 5. The van der Waals surface area contributed by atoms with Gasteiger partial charge in [-0.1, -0.05) is 18.2 Å². The highest BCUT2D eigenvalue weighted by molar-refractivity contribution is 7.09. The summed E-state index contributed by atoms with van der Waals surface area (Å²) in [4.78, 5) is 31.2. The van der Waals surface area contributed by atoms with E-state index >= 15 is 0 Å². The maximum atomic E-state index is 12.9. The van der Waals surface area contributed by atoms with Gasteiger partial charge in [0, 0.05) is 23.5 Å². The van der Waals surface area contributed by atoms with E-state index in [1.165, 1.54) is 4.68 Å². The van der Waals surface area contributed by atoms with Crippen molar-refractivity contribution in [2.24, 2.45) is 0 Å². The molecule has 0 saturated heterocycles. The molecule has 0 spiro atoms. The predicted octanol–water partition coefficient (Wildman–Crippen LogP) is 2.96. The number of fused-ring (bicyclic) bond motifs is 1. The maximum absolute atomic E-state index is 12.9. The molecule has 0 fully saturated rings. The molecule has 1 aromatic carbocycles. The Kier molecular flexibility index (Phi) is 6.95. The fourth-order valence-electron chi connectivity index (χ4n) is 3.71. The van der Waals surface area contributed by atoms with Crippen LogP contribution >= 0.6 is 11.3 Å². The van der Waals surface area contributed by atoms with Gasteiger partial charge in [-0.2, -0.15) is 0 Å².